The summed E-state index contributed by atoms with van der Waals surface area (Å²) in [6, 6.07) is 6.16. The van der Waals surface area contributed by atoms with Gasteiger partial charge in [-0.1, -0.05) is 32.4 Å². The summed E-state index contributed by atoms with van der Waals surface area (Å²) in [6.07, 6.45) is 2.83. The molecule has 4 nitrogen and oxygen atoms in total. The highest BCUT2D eigenvalue weighted by Crippen LogP contribution is 2.43. The number of hydrogen-bond acceptors (Lipinski definition) is 4. The summed E-state index contributed by atoms with van der Waals surface area (Å²) in [6.45, 7) is 6.47. The number of hydrogen-bond donors (Lipinski definition) is 1. The van der Waals surface area contributed by atoms with Gasteiger partial charge in [0.05, 0.1) is 10.6 Å². The van der Waals surface area contributed by atoms with E-state index < -0.39 is 5.82 Å². The second-order valence-electron chi connectivity index (χ2n) is 8.04. The Kier molecular flexibility index (Phi) is 5.97. The molecule has 0 saturated heterocycles. The molecule has 7 heteroatoms. The topological polar surface area (TPSA) is 62.1 Å². The molecule has 0 radical (unpaired) electrons. The van der Waals surface area contributed by atoms with Crippen molar-refractivity contribution >= 4 is 33.8 Å². The molecule has 3 rings (SSSR count). The van der Waals surface area contributed by atoms with Crippen molar-refractivity contribution in [2.45, 2.75) is 40.0 Å². The van der Waals surface area contributed by atoms with E-state index in [4.69, 9.17) is 16.3 Å². The Morgan fingerprint density at radius 2 is 2.21 bits per heavy atom. The van der Waals surface area contributed by atoms with Crippen LogP contribution >= 0.6 is 22.9 Å². The summed E-state index contributed by atoms with van der Waals surface area (Å²) in [4.78, 5) is 13.5. The minimum absolute atomic E-state index is 0.0657. The maximum absolute atomic E-state index is 13.2. The average Bonchev–Trinajstić information content (AvgIpc) is 2.98. The van der Waals surface area contributed by atoms with Crippen molar-refractivity contribution in [1.82, 2.24) is 0 Å². The lowest BCUT2D eigenvalue weighted by Gasteiger charge is -2.33. The largest absolute Gasteiger partial charge is 0.484 e. The fourth-order valence-corrected chi connectivity index (χ4v) is 4.87. The fourth-order valence-electron chi connectivity index (χ4n) is 3.41. The summed E-state index contributed by atoms with van der Waals surface area (Å²) >= 11 is 7.19. The second kappa shape index (κ2) is 8.10. The number of nitrogens with zero attached hydrogens (tertiary/aromatic N) is 1. The summed E-state index contributed by atoms with van der Waals surface area (Å²) in [5.74, 6) is -0.0568. The molecular formula is C21H22ClFN2O2S. The minimum Gasteiger partial charge on any atom is -0.484 e. The van der Waals surface area contributed by atoms with Crippen molar-refractivity contribution in [3.05, 3.63) is 45.0 Å². The first-order valence-corrected chi connectivity index (χ1v) is 10.3. The molecule has 1 aromatic heterocycles. The molecule has 1 N–H and O–H groups in total. The van der Waals surface area contributed by atoms with Gasteiger partial charge in [0.2, 0.25) is 0 Å². The van der Waals surface area contributed by atoms with Gasteiger partial charge in [0.1, 0.15) is 22.6 Å². The predicted octanol–water partition coefficient (Wildman–Crippen LogP) is 5.58. The van der Waals surface area contributed by atoms with E-state index in [2.05, 4.69) is 32.2 Å². The summed E-state index contributed by atoms with van der Waals surface area (Å²) in [7, 11) is 0. The summed E-state index contributed by atoms with van der Waals surface area (Å²) in [5, 5.41) is 12.9. The number of nitriles is 1. The van der Waals surface area contributed by atoms with Crippen LogP contribution in [0, 0.1) is 28.5 Å². The second-order valence-corrected chi connectivity index (χ2v) is 9.55. The highest BCUT2D eigenvalue weighted by atomic mass is 35.5. The Morgan fingerprint density at radius 3 is 2.86 bits per heavy atom. The van der Waals surface area contributed by atoms with Crippen molar-refractivity contribution in [2.24, 2.45) is 11.3 Å². The van der Waals surface area contributed by atoms with Gasteiger partial charge in [-0.3, -0.25) is 4.79 Å². The number of anilines is 1. The molecule has 1 atom stereocenters. The average molecular weight is 421 g/mol. The molecule has 0 aliphatic heterocycles. The third-order valence-electron chi connectivity index (χ3n) is 5.12. The number of fused-ring (bicyclic) bond motifs is 1. The Labute approximate surface area is 173 Å². The number of amides is 1. The van der Waals surface area contributed by atoms with Crippen LogP contribution in [-0.2, 0) is 17.6 Å². The molecule has 1 heterocycles. The Morgan fingerprint density at radius 1 is 1.46 bits per heavy atom. The van der Waals surface area contributed by atoms with E-state index >= 15 is 0 Å². The van der Waals surface area contributed by atoms with E-state index in [-0.39, 0.29) is 23.0 Å². The smallest absolute Gasteiger partial charge is 0.262 e. The third-order valence-corrected chi connectivity index (χ3v) is 6.58. The number of carbonyl (C=O) groups excluding carboxylic acids is 1. The summed E-state index contributed by atoms with van der Waals surface area (Å²) in [5.41, 5.74) is 1.84. The van der Waals surface area contributed by atoms with E-state index in [1.165, 1.54) is 34.4 Å². The summed E-state index contributed by atoms with van der Waals surface area (Å²) < 4.78 is 18.6. The molecule has 1 aromatic carbocycles. The maximum atomic E-state index is 13.2. The van der Waals surface area contributed by atoms with Gasteiger partial charge >= 0.3 is 0 Å². The van der Waals surface area contributed by atoms with Gasteiger partial charge in [0, 0.05) is 10.9 Å². The number of ether oxygens (including phenoxy) is 1. The molecule has 0 fully saturated rings. The number of benzene rings is 1. The molecule has 28 heavy (non-hydrogen) atoms. The molecule has 0 saturated carbocycles. The first kappa shape index (κ1) is 20.6. The van der Waals surface area contributed by atoms with Crippen molar-refractivity contribution in [3.8, 4) is 11.8 Å². The number of halogens is 2. The van der Waals surface area contributed by atoms with Gasteiger partial charge < -0.3 is 10.1 Å². The van der Waals surface area contributed by atoms with Gasteiger partial charge in [-0.25, -0.2) is 4.39 Å². The number of carbonyl (C=O) groups is 1. The molecule has 2 aromatic rings. The van der Waals surface area contributed by atoms with Crippen LogP contribution in [0.2, 0.25) is 5.02 Å². The normalized spacial score (nSPS) is 16.2. The maximum Gasteiger partial charge on any atom is 0.262 e. The number of nitrogens with one attached hydrogen (secondary N) is 1. The highest BCUT2D eigenvalue weighted by molar-refractivity contribution is 7.16. The van der Waals surface area contributed by atoms with E-state index in [1.807, 2.05) is 0 Å². The molecule has 1 aliphatic carbocycles. The van der Waals surface area contributed by atoms with E-state index in [0.29, 0.717) is 22.2 Å². The Bertz CT molecular complexity index is 943. The van der Waals surface area contributed by atoms with Gasteiger partial charge in [0.25, 0.3) is 5.91 Å². The van der Waals surface area contributed by atoms with Crippen LogP contribution < -0.4 is 10.1 Å². The molecular weight excluding hydrogens is 399 g/mol. The third kappa shape index (κ3) is 4.48. The van der Waals surface area contributed by atoms with Crippen LogP contribution in [0.3, 0.4) is 0 Å². The van der Waals surface area contributed by atoms with Crippen molar-refractivity contribution < 1.29 is 13.9 Å². The lowest BCUT2D eigenvalue weighted by Crippen LogP contribution is -2.26. The van der Waals surface area contributed by atoms with Gasteiger partial charge in [0.15, 0.2) is 6.61 Å². The minimum atomic E-state index is -0.546. The van der Waals surface area contributed by atoms with Crippen LogP contribution in [0.15, 0.2) is 18.2 Å². The van der Waals surface area contributed by atoms with Crippen molar-refractivity contribution in [1.29, 1.82) is 5.26 Å². The highest BCUT2D eigenvalue weighted by Gasteiger charge is 2.32. The van der Waals surface area contributed by atoms with Crippen LogP contribution in [0.25, 0.3) is 0 Å². The fraction of sp³-hybridized carbons (Fsp3) is 0.429. The predicted molar refractivity (Wildman–Crippen MR) is 110 cm³/mol. The zero-order valence-corrected chi connectivity index (χ0v) is 17.6. The zero-order chi connectivity index (χ0) is 20.5. The van der Waals surface area contributed by atoms with E-state index in [0.717, 1.165) is 24.8 Å². The lowest BCUT2D eigenvalue weighted by atomic mass is 9.72. The molecule has 0 unspecified atom stereocenters. The molecule has 0 bridgehead atoms. The zero-order valence-electron chi connectivity index (χ0n) is 16.1. The van der Waals surface area contributed by atoms with Crippen LogP contribution in [0.4, 0.5) is 9.39 Å². The van der Waals surface area contributed by atoms with Crippen molar-refractivity contribution in [3.63, 3.8) is 0 Å². The standard InChI is InChI=1S/C21H22ClFN2O2S/c1-21(2,3)12-4-6-14-15(10-24)20(28-18(14)8-12)25-19(26)11-27-13-5-7-17(23)16(22)9-13/h5,7,9,12H,4,6,8,11H2,1-3H3,(H,25,26)/t12-/m0/s1. The molecule has 1 amide bonds. The monoisotopic (exact) mass is 420 g/mol. The van der Waals surface area contributed by atoms with E-state index in [9.17, 15) is 14.4 Å². The molecule has 148 valence electrons. The molecule has 0 spiro atoms. The van der Waals surface area contributed by atoms with Crippen LogP contribution in [-0.4, -0.2) is 12.5 Å². The van der Waals surface area contributed by atoms with Crippen LogP contribution in [0.1, 0.15) is 43.2 Å². The first-order valence-electron chi connectivity index (χ1n) is 9.11. The van der Waals surface area contributed by atoms with Gasteiger partial charge in [-0.2, -0.15) is 5.26 Å². The van der Waals surface area contributed by atoms with E-state index in [1.54, 1.807) is 0 Å². The van der Waals surface area contributed by atoms with Gasteiger partial charge in [-0.05, 0) is 48.3 Å². The number of thiophene rings is 1. The SMILES string of the molecule is CC(C)(C)[C@H]1CCc2c(sc(NC(=O)COc3ccc(F)c(Cl)c3)c2C#N)C1. The van der Waals surface area contributed by atoms with Crippen molar-refractivity contribution in [2.75, 3.05) is 11.9 Å². The van der Waals surface area contributed by atoms with Crippen LogP contribution in [0.5, 0.6) is 5.75 Å². The quantitative estimate of drug-likeness (QED) is 0.702. The first-order chi connectivity index (χ1) is 13.2. The van der Waals surface area contributed by atoms with Gasteiger partial charge in [-0.15, -0.1) is 11.3 Å². The lowest BCUT2D eigenvalue weighted by molar-refractivity contribution is -0.118. The Hall–Kier alpha value is -2.10. The number of rotatable bonds is 4. The molecule has 1 aliphatic rings. The Balaban J connectivity index is 1.69.